The third kappa shape index (κ3) is 3.74. The van der Waals surface area contributed by atoms with Crippen molar-refractivity contribution in [1.82, 2.24) is 0 Å². The molecule has 1 rings (SSSR count). The van der Waals surface area contributed by atoms with Gasteiger partial charge in [0.2, 0.25) is 11.8 Å². The minimum Gasteiger partial charge on any atom is -0.495 e. The topological polar surface area (TPSA) is 107 Å². The van der Waals surface area contributed by atoms with E-state index in [1.807, 2.05) is 0 Å². The zero-order valence-electron chi connectivity index (χ0n) is 10.4. The predicted octanol–water partition coefficient (Wildman–Crippen LogP) is 0.470. The summed E-state index contributed by atoms with van der Waals surface area (Å²) >= 11 is 0. The van der Waals surface area contributed by atoms with Crippen molar-refractivity contribution in [3.05, 3.63) is 23.8 Å². The van der Waals surface area contributed by atoms with E-state index in [9.17, 15) is 9.59 Å². The lowest BCUT2D eigenvalue weighted by atomic mass is 10.1. The van der Waals surface area contributed by atoms with Gasteiger partial charge in [0.25, 0.3) is 0 Å². The van der Waals surface area contributed by atoms with Gasteiger partial charge in [-0.2, -0.15) is 0 Å². The number of carbonyl (C=O) groups is 2. The van der Waals surface area contributed by atoms with E-state index >= 15 is 0 Å². The van der Waals surface area contributed by atoms with Gasteiger partial charge >= 0.3 is 0 Å². The molecule has 0 aliphatic carbocycles. The molecule has 0 aromatic heterocycles. The van der Waals surface area contributed by atoms with Crippen LogP contribution in [0.3, 0.4) is 0 Å². The van der Waals surface area contributed by atoms with Crippen LogP contribution in [0.4, 0.5) is 5.69 Å². The van der Waals surface area contributed by atoms with Crippen LogP contribution in [0.15, 0.2) is 18.2 Å². The molecule has 0 fully saturated rings. The summed E-state index contributed by atoms with van der Waals surface area (Å²) in [5.41, 5.74) is 11.4. The number of primary amides is 1. The van der Waals surface area contributed by atoms with E-state index < -0.39 is 5.91 Å². The molecule has 0 saturated carbocycles. The summed E-state index contributed by atoms with van der Waals surface area (Å²) < 4.78 is 5.09. The molecule has 0 bridgehead atoms. The monoisotopic (exact) mass is 251 g/mol. The van der Waals surface area contributed by atoms with E-state index in [1.165, 1.54) is 19.2 Å². The fourth-order valence-corrected chi connectivity index (χ4v) is 1.45. The lowest BCUT2D eigenvalue weighted by Crippen LogP contribution is -2.24. The number of hydrogen-bond acceptors (Lipinski definition) is 4. The zero-order valence-corrected chi connectivity index (χ0v) is 10.4. The smallest absolute Gasteiger partial charge is 0.248 e. The molecule has 0 aliphatic heterocycles. The summed E-state index contributed by atoms with van der Waals surface area (Å²) in [6.07, 6.45) is 0.184. The van der Waals surface area contributed by atoms with Crippen molar-refractivity contribution >= 4 is 17.5 Å². The average molecular weight is 251 g/mol. The van der Waals surface area contributed by atoms with Crippen LogP contribution in [0.1, 0.15) is 23.7 Å². The highest BCUT2D eigenvalue weighted by molar-refractivity contribution is 5.97. The minimum absolute atomic E-state index is 0.184. The van der Waals surface area contributed by atoms with Crippen molar-refractivity contribution in [3.8, 4) is 5.75 Å². The summed E-state index contributed by atoms with van der Waals surface area (Å²) in [5.74, 6) is -0.358. The molecule has 6 heteroatoms. The van der Waals surface area contributed by atoms with Gasteiger partial charge in [0.15, 0.2) is 0 Å². The largest absolute Gasteiger partial charge is 0.495 e. The van der Waals surface area contributed by atoms with E-state index in [0.717, 1.165) is 0 Å². The Morgan fingerprint density at radius 2 is 2.11 bits per heavy atom. The van der Waals surface area contributed by atoms with Gasteiger partial charge < -0.3 is 21.5 Å². The van der Waals surface area contributed by atoms with Gasteiger partial charge in [-0.15, -0.1) is 0 Å². The van der Waals surface area contributed by atoms with Crippen molar-refractivity contribution in [3.63, 3.8) is 0 Å². The molecule has 18 heavy (non-hydrogen) atoms. The van der Waals surface area contributed by atoms with Crippen LogP contribution in [0.5, 0.6) is 5.75 Å². The summed E-state index contributed by atoms with van der Waals surface area (Å²) in [4.78, 5) is 22.7. The quantitative estimate of drug-likeness (QED) is 0.706. The van der Waals surface area contributed by atoms with Gasteiger partial charge in [-0.25, -0.2) is 0 Å². The van der Waals surface area contributed by atoms with Crippen LogP contribution in [0.25, 0.3) is 0 Å². The normalized spacial score (nSPS) is 11.7. The second-order valence-corrected chi connectivity index (χ2v) is 4.01. The fraction of sp³-hybridized carbons (Fsp3) is 0.333. The maximum atomic E-state index is 11.6. The van der Waals surface area contributed by atoms with Crippen molar-refractivity contribution in [2.24, 2.45) is 11.5 Å². The molecule has 1 aromatic rings. The first-order valence-electron chi connectivity index (χ1n) is 5.47. The maximum Gasteiger partial charge on any atom is 0.248 e. The Morgan fingerprint density at radius 3 is 2.61 bits per heavy atom. The highest BCUT2D eigenvalue weighted by Gasteiger charge is 2.11. The lowest BCUT2D eigenvalue weighted by molar-refractivity contribution is -0.116. The van der Waals surface area contributed by atoms with Crippen molar-refractivity contribution < 1.29 is 14.3 Å². The molecule has 5 N–H and O–H groups in total. The number of carbonyl (C=O) groups excluding carboxylic acids is 2. The molecule has 1 unspecified atom stereocenters. The highest BCUT2D eigenvalue weighted by atomic mass is 16.5. The Morgan fingerprint density at radius 1 is 1.44 bits per heavy atom. The molecule has 0 heterocycles. The summed E-state index contributed by atoms with van der Waals surface area (Å²) in [7, 11) is 1.47. The third-order valence-corrected chi connectivity index (χ3v) is 2.27. The summed E-state index contributed by atoms with van der Waals surface area (Å²) in [6, 6.07) is 4.33. The maximum absolute atomic E-state index is 11.6. The van der Waals surface area contributed by atoms with Gasteiger partial charge in [0.1, 0.15) is 5.75 Å². The van der Waals surface area contributed by atoms with Gasteiger partial charge in [0, 0.05) is 18.0 Å². The van der Waals surface area contributed by atoms with Crippen molar-refractivity contribution in [1.29, 1.82) is 0 Å². The molecular formula is C12H17N3O3. The summed E-state index contributed by atoms with van der Waals surface area (Å²) in [6.45, 7) is 1.73. The number of benzene rings is 1. The van der Waals surface area contributed by atoms with Gasteiger partial charge in [-0.1, -0.05) is 0 Å². The van der Waals surface area contributed by atoms with E-state index in [0.29, 0.717) is 17.0 Å². The molecular weight excluding hydrogens is 234 g/mol. The Bertz CT molecular complexity index is 458. The van der Waals surface area contributed by atoms with E-state index in [4.69, 9.17) is 16.2 Å². The number of ether oxygens (including phenoxy) is 1. The second kappa shape index (κ2) is 6.02. The molecule has 6 nitrogen and oxygen atoms in total. The first-order valence-corrected chi connectivity index (χ1v) is 5.47. The Hall–Kier alpha value is -2.08. The molecule has 0 saturated heterocycles. The van der Waals surface area contributed by atoms with E-state index in [-0.39, 0.29) is 18.4 Å². The highest BCUT2D eigenvalue weighted by Crippen LogP contribution is 2.25. The lowest BCUT2D eigenvalue weighted by Gasteiger charge is -2.12. The number of methoxy groups -OCH3 is 1. The minimum atomic E-state index is -0.569. The first-order chi connectivity index (χ1) is 8.43. The van der Waals surface area contributed by atoms with Crippen molar-refractivity contribution in [2.45, 2.75) is 19.4 Å². The number of amides is 2. The molecule has 0 spiro atoms. The fourth-order valence-electron chi connectivity index (χ4n) is 1.45. The average Bonchev–Trinajstić information content (AvgIpc) is 2.27. The first kappa shape index (κ1) is 14.0. The molecule has 1 aromatic carbocycles. The van der Waals surface area contributed by atoms with Crippen molar-refractivity contribution in [2.75, 3.05) is 12.4 Å². The zero-order chi connectivity index (χ0) is 13.7. The number of nitrogens with two attached hydrogens (primary N) is 2. The van der Waals surface area contributed by atoms with Crippen LogP contribution in [0.2, 0.25) is 0 Å². The van der Waals surface area contributed by atoms with Crippen LogP contribution >= 0.6 is 0 Å². The van der Waals surface area contributed by atoms with Gasteiger partial charge in [-0.3, -0.25) is 9.59 Å². The Balaban J connectivity index is 2.94. The predicted molar refractivity (Wildman–Crippen MR) is 68.4 cm³/mol. The standard InChI is InChI=1S/C12H17N3O3/c1-7(13)5-11(16)15-9-6-8(12(14)17)3-4-10(9)18-2/h3-4,6-7H,5,13H2,1-2H3,(H2,14,17)(H,15,16). The van der Waals surface area contributed by atoms with Crippen LogP contribution in [-0.4, -0.2) is 25.0 Å². The van der Waals surface area contributed by atoms with Crippen LogP contribution in [0, 0.1) is 0 Å². The molecule has 2 amide bonds. The molecule has 0 radical (unpaired) electrons. The number of nitrogens with one attached hydrogen (secondary N) is 1. The van der Waals surface area contributed by atoms with Crippen LogP contribution in [-0.2, 0) is 4.79 Å². The number of hydrogen-bond donors (Lipinski definition) is 3. The molecule has 1 atom stereocenters. The Labute approximate surface area is 105 Å². The second-order valence-electron chi connectivity index (χ2n) is 4.01. The Kier molecular flexibility index (Phi) is 4.67. The number of rotatable bonds is 5. The van der Waals surface area contributed by atoms with Gasteiger partial charge in [0.05, 0.1) is 12.8 Å². The molecule has 0 aliphatic rings. The summed E-state index contributed by atoms with van der Waals surface area (Å²) in [5, 5.41) is 2.64. The molecule has 98 valence electrons. The van der Waals surface area contributed by atoms with E-state index in [2.05, 4.69) is 5.32 Å². The van der Waals surface area contributed by atoms with Gasteiger partial charge in [-0.05, 0) is 25.1 Å². The third-order valence-electron chi connectivity index (χ3n) is 2.27. The number of anilines is 1. The van der Waals surface area contributed by atoms with Crippen LogP contribution < -0.4 is 21.5 Å². The SMILES string of the molecule is COc1ccc(C(N)=O)cc1NC(=O)CC(C)N. The van der Waals surface area contributed by atoms with E-state index in [1.54, 1.807) is 13.0 Å².